The predicted octanol–water partition coefficient (Wildman–Crippen LogP) is 0.696. The molecule has 8 nitrogen and oxygen atoms in total. The highest BCUT2D eigenvalue weighted by atomic mass is 35.5. The molecule has 0 amide bonds. The molecule has 1 rings (SSSR count). The minimum absolute atomic E-state index is 0.0623. The van der Waals surface area contributed by atoms with Crippen LogP contribution in [-0.2, 0) is 10.0 Å². The molecule has 114 valence electrons. The summed E-state index contributed by atoms with van der Waals surface area (Å²) in [6, 6.07) is 0. The lowest BCUT2D eigenvalue weighted by molar-refractivity contribution is 0.475. The molecule has 0 saturated carbocycles. The third-order valence-electron chi connectivity index (χ3n) is 2.09. The number of hydrogen-bond acceptors (Lipinski definition) is 7. The Hall–Kier alpha value is -1.19. The van der Waals surface area contributed by atoms with E-state index in [4.69, 9.17) is 11.6 Å². The fourth-order valence-electron chi connectivity index (χ4n) is 1.50. The van der Waals surface area contributed by atoms with E-state index in [0.29, 0.717) is 19.0 Å². The lowest BCUT2D eigenvalue weighted by Gasteiger charge is -2.25. The van der Waals surface area contributed by atoms with Gasteiger partial charge < -0.3 is 10.6 Å². The number of rotatable bonds is 7. The zero-order valence-corrected chi connectivity index (χ0v) is 13.4. The molecule has 1 heterocycles. The number of nitrogens with one attached hydrogen (secondary N) is 3. The van der Waals surface area contributed by atoms with Crippen molar-refractivity contribution < 1.29 is 8.42 Å². The molecule has 0 radical (unpaired) electrons. The lowest BCUT2D eigenvalue weighted by atomic mass is 10.1. The molecule has 0 fully saturated rings. The summed E-state index contributed by atoms with van der Waals surface area (Å²) in [4.78, 5) is 12.0. The first-order valence-corrected chi connectivity index (χ1v) is 8.26. The van der Waals surface area contributed by atoms with Crippen molar-refractivity contribution in [2.75, 3.05) is 30.0 Å². The van der Waals surface area contributed by atoms with Gasteiger partial charge in [0.1, 0.15) is 0 Å². The van der Waals surface area contributed by atoms with Crippen LogP contribution in [-0.4, -0.2) is 48.3 Å². The van der Waals surface area contributed by atoms with Crippen LogP contribution in [0.2, 0.25) is 5.28 Å². The van der Waals surface area contributed by atoms with Crippen LogP contribution in [0.5, 0.6) is 0 Å². The number of sulfonamides is 1. The first-order valence-electron chi connectivity index (χ1n) is 5.99. The molecule has 0 bridgehead atoms. The van der Waals surface area contributed by atoms with Gasteiger partial charge in [-0.05, 0) is 32.4 Å². The third kappa shape index (κ3) is 6.31. The summed E-state index contributed by atoms with van der Waals surface area (Å²) in [7, 11) is -3.29. The number of anilines is 2. The SMILES string of the molecule is CCNc1nc(Cl)nc(NCC(C)(C)NS(C)(=O)=O)n1. The second kappa shape index (κ2) is 6.51. The Morgan fingerprint density at radius 3 is 2.20 bits per heavy atom. The Morgan fingerprint density at radius 2 is 1.70 bits per heavy atom. The van der Waals surface area contributed by atoms with Crippen LogP contribution in [0.4, 0.5) is 11.9 Å². The first kappa shape index (κ1) is 16.9. The molecule has 0 aromatic carbocycles. The zero-order chi connectivity index (χ0) is 15.4. The van der Waals surface area contributed by atoms with Gasteiger partial charge in [-0.3, -0.25) is 0 Å². The molecule has 0 aliphatic heterocycles. The van der Waals surface area contributed by atoms with Crippen molar-refractivity contribution in [1.82, 2.24) is 19.7 Å². The van der Waals surface area contributed by atoms with E-state index in [2.05, 4.69) is 30.3 Å². The van der Waals surface area contributed by atoms with Gasteiger partial charge in [0.05, 0.1) is 6.26 Å². The summed E-state index contributed by atoms with van der Waals surface area (Å²) < 4.78 is 25.0. The van der Waals surface area contributed by atoms with Crippen molar-refractivity contribution in [3.63, 3.8) is 0 Å². The van der Waals surface area contributed by atoms with Crippen LogP contribution in [0.3, 0.4) is 0 Å². The molecule has 3 N–H and O–H groups in total. The maximum atomic E-state index is 11.2. The van der Waals surface area contributed by atoms with Crippen molar-refractivity contribution in [3.05, 3.63) is 5.28 Å². The van der Waals surface area contributed by atoms with Crippen LogP contribution in [0, 0.1) is 0 Å². The fraction of sp³-hybridized carbons (Fsp3) is 0.700. The Bertz CT molecular complexity index is 563. The smallest absolute Gasteiger partial charge is 0.228 e. The van der Waals surface area contributed by atoms with Gasteiger partial charge in [0, 0.05) is 18.6 Å². The van der Waals surface area contributed by atoms with Crippen molar-refractivity contribution in [2.24, 2.45) is 0 Å². The number of halogens is 1. The summed E-state index contributed by atoms with van der Waals surface area (Å²) in [6.07, 6.45) is 1.11. The van der Waals surface area contributed by atoms with Gasteiger partial charge in [0.15, 0.2) is 0 Å². The molecule has 0 saturated heterocycles. The highest BCUT2D eigenvalue weighted by Gasteiger charge is 2.22. The normalized spacial score (nSPS) is 12.2. The molecular weight excluding hydrogens is 304 g/mol. The van der Waals surface area contributed by atoms with E-state index < -0.39 is 15.6 Å². The van der Waals surface area contributed by atoms with Gasteiger partial charge in [-0.15, -0.1) is 0 Å². The average molecular weight is 323 g/mol. The summed E-state index contributed by atoms with van der Waals surface area (Å²) in [5.41, 5.74) is -0.689. The average Bonchev–Trinajstić information content (AvgIpc) is 2.23. The lowest BCUT2D eigenvalue weighted by Crippen LogP contribution is -2.48. The van der Waals surface area contributed by atoms with Crippen LogP contribution in [0.1, 0.15) is 20.8 Å². The van der Waals surface area contributed by atoms with E-state index in [1.54, 1.807) is 13.8 Å². The van der Waals surface area contributed by atoms with E-state index in [1.807, 2.05) is 6.92 Å². The van der Waals surface area contributed by atoms with E-state index in [1.165, 1.54) is 0 Å². The second-order valence-corrected chi connectivity index (χ2v) is 6.98. The van der Waals surface area contributed by atoms with E-state index in [9.17, 15) is 8.42 Å². The van der Waals surface area contributed by atoms with Crippen LogP contribution in [0.25, 0.3) is 0 Å². The van der Waals surface area contributed by atoms with Crippen molar-refractivity contribution in [2.45, 2.75) is 26.3 Å². The molecule has 10 heteroatoms. The zero-order valence-electron chi connectivity index (χ0n) is 11.9. The van der Waals surface area contributed by atoms with E-state index in [0.717, 1.165) is 6.26 Å². The molecule has 0 atom stereocenters. The summed E-state index contributed by atoms with van der Waals surface area (Å²) >= 11 is 5.79. The Kier molecular flexibility index (Phi) is 5.49. The maximum Gasteiger partial charge on any atom is 0.228 e. The number of aromatic nitrogens is 3. The Balaban J connectivity index is 2.74. The van der Waals surface area contributed by atoms with Crippen LogP contribution < -0.4 is 15.4 Å². The minimum Gasteiger partial charge on any atom is -0.354 e. The monoisotopic (exact) mass is 322 g/mol. The van der Waals surface area contributed by atoms with Gasteiger partial charge in [-0.25, -0.2) is 13.1 Å². The van der Waals surface area contributed by atoms with Gasteiger partial charge >= 0.3 is 0 Å². The minimum atomic E-state index is -3.29. The molecule has 1 aromatic heterocycles. The highest BCUT2D eigenvalue weighted by Crippen LogP contribution is 2.11. The van der Waals surface area contributed by atoms with E-state index in [-0.39, 0.29) is 11.2 Å². The predicted molar refractivity (Wildman–Crippen MR) is 79.5 cm³/mol. The molecular formula is C10H19ClN6O2S. The molecule has 0 unspecified atom stereocenters. The number of nitrogens with zero attached hydrogens (tertiary/aromatic N) is 3. The Morgan fingerprint density at radius 1 is 1.15 bits per heavy atom. The van der Waals surface area contributed by atoms with Crippen molar-refractivity contribution >= 4 is 33.5 Å². The summed E-state index contributed by atoms with van der Waals surface area (Å²) in [6.45, 7) is 6.35. The van der Waals surface area contributed by atoms with Crippen molar-refractivity contribution in [1.29, 1.82) is 0 Å². The number of hydrogen-bond donors (Lipinski definition) is 3. The van der Waals surface area contributed by atoms with Gasteiger partial charge in [0.2, 0.25) is 27.2 Å². The molecule has 1 aromatic rings. The largest absolute Gasteiger partial charge is 0.354 e. The van der Waals surface area contributed by atoms with Crippen LogP contribution >= 0.6 is 11.6 Å². The molecule has 0 aliphatic rings. The quantitative estimate of drug-likeness (QED) is 0.677. The first-order chi connectivity index (χ1) is 9.11. The van der Waals surface area contributed by atoms with Gasteiger partial charge in [0.25, 0.3) is 0 Å². The van der Waals surface area contributed by atoms with Crippen molar-refractivity contribution in [3.8, 4) is 0 Å². The summed E-state index contributed by atoms with van der Waals surface area (Å²) in [5, 5.41) is 5.92. The van der Waals surface area contributed by atoms with Gasteiger partial charge in [-0.2, -0.15) is 15.0 Å². The Labute approximate surface area is 123 Å². The van der Waals surface area contributed by atoms with E-state index >= 15 is 0 Å². The summed E-state index contributed by atoms with van der Waals surface area (Å²) in [5.74, 6) is 0.646. The van der Waals surface area contributed by atoms with Crippen LogP contribution in [0.15, 0.2) is 0 Å². The molecule has 0 aliphatic carbocycles. The topological polar surface area (TPSA) is 109 Å². The second-order valence-electron chi connectivity index (χ2n) is 4.89. The van der Waals surface area contributed by atoms with Gasteiger partial charge in [-0.1, -0.05) is 0 Å². The maximum absolute atomic E-state index is 11.2. The molecule has 20 heavy (non-hydrogen) atoms. The highest BCUT2D eigenvalue weighted by molar-refractivity contribution is 7.88. The standard InChI is InChI=1S/C10H19ClN6O2S/c1-5-12-8-14-7(11)15-9(16-8)13-6-10(2,3)17-20(4,18)19/h17H,5-6H2,1-4H3,(H2,12,13,14,15,16). The molecule has 0 spiro atoms. The fourth-order valence-corrected chi connectivity index (χ4v) is 2.74. The third-order valence-corrected chi connectivity index (χ3v) is 3.19.